The number of pyridine rings is 1. The molecule has 0 amide bonds. The van der Waals surface area contributed by atoms with Gasteiger partial charge in [0.25, 0.3) is 0 Å². The molecule has 1 saturated heterocycles. The van der Waals surface area contributed by atoms with Crippen LogP contribution in [0.1, 0.15) is 12.5 Å². The number of thiophene rings is 1. The van der Waals surface area contributed by atoms with Crippen LogP contribution in [-0.2, 0) is 22.5 Å². The molecule has 1 unspecified atom stereocenters. The van der Waals surface area contributed by atoms with Gasteiger partial charge in [-0.1, -0.05) is 0 Å². The van der Waals surface area contributed by atoms with E-state index in [-0.39, 0.29) is 12.6 Å². The molecule has 162 valence electrons. The van der Waals surface area contributed by atoms with Gasteiger partial charge in [-0.2, -0.15) is 0 Å². The van der Waals surface area contributed by atoms with Crippen molar-refractivity contribution in [3.05, 3.63) is 35.5 Å². The summed E-state index contributed by atoms with van der Waals surface area (Å²) >= 11 is -0.757. The molecule has 11 heteroatoms. The van der Waals surface area contributed by atoms with Gasteiger partial charge in [-0.25, -0.2) is 19.3 Å². The van der Waals surface area contributed by atoms with E-state index < -0.39 is 11.3 Å². The first-order chi connectivity index (χ1) is 15.0. The van der Waals surface area contributed by atoms with Crippen molar-refractivity contribution < 1.29 is 13.5 Å². The Morgan fingerprint density at radius 1 is 1.42 bits per heavy atom. The summed E-state index contributed by atoms with van der Waals surface area (Å²) < 4.78 is 30.6. The highest BCUT2D eigenvalue weighted by Gasteiger charge is 2.26. The van der Waals surface area contributed by atoms with E-state index in [0.717, 1.165) is 44.7 Å². The molecule has 0 aliphatic carbocycles. The van der Waals surface area contributed by atoms with Crippen molar-refractivity contribution in [2.75, 3.05) is 31.7 Å². The number of aromatic amines is 1. The maximum Gasteiger partial charge on any atom is 0.163 e. The highest BCUT2D eigenvalue weighted by molar-refractivity contribution is 7.76. The Bertz CT molecular complexity index is 1270. The van der Waals surface area contributed by atoms with Gasteiger partial charge >= 0.3 is 0 Å². The maximum atomic E-state index is 11.4. The second kappa shape index (κ2) is 8.24. The molecule has 1 fully saturated rings. The number of nitrogens with zero attached hydrogens (tertiary/aromatic N) is 5. The van der Waals surface area contributed by atoms with Crippen molar-refractivity contribution in [3.63, 3.8) is 0 Å². The summed E-state index contributed by atoms with van der Waals surface area (Å²) in [6, 6.07) is 4.05. The zero-order chi connectivity index (χ0) is 21.5. The summed E-state index contributed by atoms with van der Waals surface area (Å²) in [4.78, 5) is 19.6. The van der Waals surface area contributed by atoms with Gasteiger partial charge in [-0.15, -0.1) is 11.3 Å². The smallest absolute Gasteiger partial charge is 0.163 e. The first kappa shape index (κ1) is 20.5. The fourth-order valence-corrected chi connectivity index (χ4v) is 5.12. The van der Waals surface area contributed by atoms with Crippen LogP contribution in [0.5, 0.6) is 0 Å². The average Bonchev–Trinajstić information content (AvgIpc) is 3.40. The van der Waals surface area contributed by atoms with Crippen LogP contribution in [0, 0.1) is 0 Å². The van der Waals surface area contributed by atoms with Gasteiger partial charge in [0.1, 0.15) is 5.65 Å². The monoisotopic (exact) mass is 457 g/mol. The first-order valence-corrected chi connectivity index (χ1v) is 11.8. The molecule has 0 spiro atoms. The van der Waals surface area contributed by atoms with E-state index in [4.69, 9.17) is 14.7 Å². The SMILES string of the molecule is C[C@@H]1COCCN1c1nc(-c2ccnc3[nH]ccc23)nc2c(CN(C)S(=O)[O-])csc12. The molecule has 2 atom stereocenters. The predicted octanol–water partition coefficient (Wildman–Crippen LogP) is 2.69. The van der Waals surface area contributed by atoms with Crippen LogP contribution in [0.2, 0.25) is 0 Å². The second-order valence-corrected chi connectivity index (χ2v) is 9.47. The van der Waals surface area contributed by atoms with E-state index in [2.05, 4.69) is 21.8 Å². The molecule has 0 aromatic carbocycles. The fourth-order valence-electron chi connectivity index (χ4n) is 3.87. The van der Waals surface area contributed by atoms with Gasteiger partial charge in [0.2, 0.25) is 0 Å². The lowest BCUT2D eigenvalue weighted by atomic mass is 10.1. The summed E-state index contributed by atoms with van der Waals surface area (Å²) in [5.74, 6) is 1.46. The van der Waals surface area contributed by atoms with Gasteiger partial charge in [0.15, 0.2) is 11.6 Å². The van der Waals surface area contributed by atoms with Crippen molar-refractivity contribution in [1.29, 1.82) is 0 Å². The Kier molecular flexibility index (Phi) is 5.44. The standard InChI is InChI=1S/C20H22N6O3S2/c1-12-10-29-8-7-26(12)20-17-16(13(11-30-17)9-25(2)31(27)28)23-19(24-20)15-4-6-22-18-14(15)3-5-21-18/h3-6,11-12H,7-10H2,1-2H3,(H,21,22)(H,27,28)/p-1/t12-/m1/s1. The van der Waals surface area contributed by atoms with Crippen LogP contribution in [0.3, 0.4) is 0 Å². The van der Waals surface area contributed by atoms with E-state index in [1.54, 1.807) is 24.6 Å². The molecule has 1 aliphatic heterocycles. The number of morpholine rings is 1. The molecule has 4 aromatic rings. The van der Waals surface area contributed by atoms with Crippen molar-refractivity contribution in [1.82, 2.24) is 24.2 Å². The van der Waals surface area contributed by atoms with Crippen LogP contribution >= 0.6 is 11.3 Å². The number of nitrogens with one attached hydrogen (secondary N) is 1. The van der Waals surface area contributed by atoms with Crippen LogP contribution in [0.4, 0.5) is 5.82 Å². The lowest BCUT2D eigenvalue weighted by Gasteiger charge is -2.34. The van der Waals surface area contributed by atoms with Gasteiger partial charge < -0.3 is 19.2 Å². The number of hydrogen-bond acceptors (Lipinski definition) is 8. The molecule has 1 aliphatic rings. The lowest BCUT2D eigenvalue weighted by molar-refractivity contribution is 0.0987. The first-order valence-electron chi connectivity index (χ1n) is 9.88. The van der Waals surface area contributed by atoms with Crippen molar-refractivity contribution in [2.45, 2.75) is 19.5 Å². The van der Waals surface area contributed by atoms with Gasteiger partial charge in [-0.05, 0) is 31.5 Å². The Morgan fingerprint density at radius 3 is 3.10 bits per heavy atom. The minimum atomic E-state index is -2.30. The number of anilines is 1. The molecule has 9 nitrogen and oxygen atoms in total. The fraction of sp³-hybridized carbons (Fsp3) is 0.350. The molecule has 5 rings (SSSR count). The Labute approximate surface area is 185 Å². The summed E-state index contributed by atoms with van der Waals surface area (Å²) in [7, 11) is 1.55. The number of ether oxygens (including phenoxy) is 1. The minimum absolute atomic E-state index is 0.173. The molecule has 5 heterocycles. The number of H-pyrrole nitrogens is 1. The average molecular weight is 458 g/mol. The van der Waals surface area contributed by atoms with E-state index in [1.807, 2.05) is 23.7 Å². The number of aromatic nitrogens is 4. The van der Waals surface area contributed by atoms with Gasteiger partial charge in [0.05, 0.1) is 29.5 Å². The largest absolute Gasteiger partial charge is 0.760 e. The van der Waals surface area contributed by atoms with E-state index in [1.165, 1.54) is 4.31 Å². The van der Waals surface area contributed by atoms with E-state index in [0.29, 0.717) is 19.0 Å². The normalized spacial score (nSPS) is 18.3. The van der Waals surface area contributed by atoms with Crippen molar-refractivity contribution in [3.8, 4) is 11.4 Å². The predicted molar refractivity (Wildman–Crippen MR) is 121 cm³/mol. The second-order valence-electron chi connectivity index (χ2n) is 7.53. The Balaban J connectivity index is 1.72. The highest BCUT2D eigenvalue weighted by atomic mass is 32.2. The molecule has 0 bridgehead atoms. The van der Waals surface area contributed by atoms with Gasteiger partial charge in [-0.3, -0.25) is 4.21 Å². The third kappa shape index (κ3) is 3.72. The highest BCUT2D eigenvalue weighted by Crippen LogP contribution is 2.37. The molecular weight excluding hydrogens is 436 g/mol. The summed E-state index contributed by atoms with van der Waals surface area (Å²) in [5.41, 5.74) is 3.29. The zero-order valence-corrected chi connectivity index (χ0v) is 18.7. The molecule has 0 radical (unpaired) electrons. The van der Waals surface area contributed by atoms with Crippen molar-refractivity contribution >= 4 is 49.7 Å². The van der Waals surface area contributed by atoms with Crippen LogP contribution in [-0.4, -0.2) is 65.9 Å². The number of rotatable bonds is 5. The zero-order valence-electron chi connectivity index (χ0n) is 17.1. The number of hydrogen-bond donors (Lipinski definition) is 1. The summed E-state index contributed by atoms with van der Waals surface area (Å²) in [6.45, 7) is 4.38. The van der Waals surface area contributed by atoms with E-state index in [9.17, 15) is 8.76 Å². The Hall–Kier alpha value is -2.44. The third-order valence-electron chi connectivity index (χ3n) is 5.46. The molecule has 4 aromatic heterocycles. The quantitative estimate of drug-likeness (QED) is 0.459. The topological polar surface area (TPSA) is 110 Å². The van der Waals surface area contributed by atoms with Crippen LogP contribution in [0.25, 0.3) is 32.6 Å². The molecule has 31 heavy (non-hydrogen) atoms. The third-order valence-corrected chi connectivity index (χ3v) is 7.11. The molecular formula is C20H21N6O3S2-. The van der Waals surface area contributed by atoms with Crippen LogP contribution < -0.4 is 4.90 Å². The van der Waals surface area contributed by atoms with E-state index >= 15 is 0 Å². The minimum Gasteiger partial charge on any atom is -0.760 e. The number of fused-ring (bicyclic) bond motifs is 2. The van der Waals surface area contributed by atoms with Gasteiger partial charge in [0, 0.05) is 53.3 Å². The Morgan fingerprint density at radius 2 is 2.29 bits per heavy atom. The lowest BCUT2D eigenvalue weighted by Crippen LogP contribution is -2.44. The summed E-state index contributed by atoms with van der Waals surface area (Å²) in [6.07, 6.45) is 3.58. The summed E-state index contributed by atoms with van der Waals surface area (Å²) in [5, 5.41) is 2.91. The molecule has 0 saturated carbocycles. The van der Waals surface area contributed by atoms with Crippen LogP contribution in [0.15, 0.2) is 29.9 Å². The molecule has 1 N–H and O–H groups in total. The van der Waals surface area contributed by atoms with Crippen molar-refractivity contribution in [2.24, 2.45) is 0 Å². The maximum absolute atomic E-state index is 11.4.